The molecule has 0 saturated carbocycles. The van der Waals surface area contributed by atoms with Crippen molar-refractivity contribution >= 4 is 27.5 Å². The van der Waals surface area contributed by atoms with Crippen molar-refractivity contribution in [2.45, 2.75) is 6.92 Å². The Balaban J connectivity index is 2.86. The second kappa shape index (κ2) is 4.63. The first kappa shape index (κ1) is 12.0. The number of carbonyl (C=O) groups is 1. The predicted molar refractivity (Wildman–Crippen MR) is 56.7 cm³/mol. The minimum absolute atomic E-state index is 0.0956. The van der Waals surface area contributed by atoms with Crippen molar-refractivity contribution in [1.29, 1.82) is 0 Å². The van der Waals surface area contributed by atoms with Gasteiger partial charge in [0.15, 0.2) is 11.0 Å². The first-order valence-electron chi connectivity index (χ1n) is 4.04. The highest BCUT2D eigenvalue weighted by Gasteiger charge is 2.10. The largest absolute Gasteiger partial charge is 0.382 e. The molecule has 1 rings (SSSR count). The van der Waals surface area contributed by atoms with Crippen LogP contribution in [-0.2, 0) is 10.1 Å². The smallest absolute Gasteiger partial charge is 0.323 e. The molecule has 0 atom stereocenters. The van der Waals surface area contributed by atoms with Gasteiger partial charge in [-0.3, -0.25) is 4.79 Å². The van der Waals surface area contributed by atoms with Gasteiger partial charge in [-0.05, 0) is 31.2 Å². The second-order valence-corrected chi connectivity index (χ2v) is 4.99. The lowest BCUT2D eigenvalue weighted by atomic mass is 10.1. The van der Waals surface area contributed by atoms with E-state index in [1.807, 2.05) is 0 Å². The molecule has 0 saturated heterocycles. The molecule has 6 heteroatoms. The van der Waals surface area contributed by atoms with Crippen molar-refractivity contribution in [3.05, 3.63) is 29.8 Å². The van der Waals surface area contributed by atoms with Crippen molar-refractivity contribution in [3.63, 3.8) is 0 Å². The van der Waals surface area contributed by atoms with E-state index in [4.69, 9.17) is 11.6 Å². The van der Waals surface area contributed by atoms with Gasteiger partial charge in [0, 0.05) is 5.56 Å². The Kier molecular flexibility index (Phi) is 3.71. The molecule has 0 aliphatic heterocycles. The molecule has 15 heavy (non-hydrogen) atoms. The zero-order chi connectivity index (χ0) is 11.5. The van der Waals surface area contributed by atoms with Crippen molar-refractivity contribution in [2.24, 2.45) is 0 Å². The van der Waals surface area contributed by atoms with E-state index in [0.717, 1.165) is 0 Å². The fraction of sp³-hybridized carbons (Fsp3) is 0.222. The fourth-order valence-electron chi connectivity index (χ4n) is 0.914. The third kappa shape index (κ3) is 3.53. The van der Waals surface area contributed by atoms with Crippen LogP contribution in [0.15, 0.2) is 24.3 Å². The quantitative estimate of drug-likeness (QED) is 0.463. The maximum atomic E-state index is 11.0. The Hall–Kier alpha value is -1.07. The van der Waals surface area contributed by atoms with Crippen LogP contribution in [0.25, 0.3) is 0 Å². The molecule has 0 spiro atoms. The summed E-state index contributed by atoms with van der Waals surface area (Å²) < 4.78 is 26.5. The number of halogens is 1. The standard InChI is InChI=1S/C9H9ClO4S/c1-7(11)8-2-4-9(5-3-8)14-15(12,13)6-10/h2-5H,6H2,1H3. The van der Waals surface area contributed by atoms with E-state index < -0.39 is 15.3 Å². The summed E-state index contributed by atoms with van der Waals surface area (Å²) in [6, 6.07) is 5.78. The highest BCUT2D eigenvalue weighted by Crippen LogP contribution is 2.15. The van der Waals surface area contributed by atoms with Gasteiger partial charge in [0.2, 0.25) is 0 Å². The van der Waals surface area contributed by atoms with Gasteiger partial charge in [-0.15, -0.1) is 11.6 Å². The normalized spacial score (nSPS) is 11.1. The lowest BCUT2D eigenvalue weighted by molar-refractivity contribution is 0.101. The van der Waals surface area contributed by atoms with Crippen molar-refractivity contribution in [2.75, 3.05) is 5.21 Å². The number of ketones is 1. The molecular weight excluding hydrogens is 240 g/mol. The molecule has 82 valence electrons. The van der Waals surface area contributed by atoms with Crippen LogP contribution in [0.1, 0.15) is 17.3 Å². The third-order valence-electron chi connectivity index (χ3n) is 1.62. The van der Waals surface area contributed by atoms with Crippen LogP contribution in [0.5, 0.6) is 5.75 Å². The van der Waals surface area contributed by atoms with Crippen LogP contribution < -0.4 is 4.18 Å². The Morgan fingerprint density at radius 3 is 2.27 bits per heavy atom. The maximum absolute atomic E-state index is 11.0. The third-order valence-corrected chi connectivity index (χ3v) is 3.13. The number of Topliss-reactive ketones (excluding diaryl/α,β-unsaturated/α-hetero) is 1. The average Bonchev–Trinajstić information content (AvgIpc) is 2.18. The molecule has 4 nitrogen and oxygen atoms in total. The zero-order valence-corrected chi connectivity index (χ0v) is 9.51. The first-order valence-corrected chi connectivity index (χ1v) is 6.15. The molecule has 0 fully saturated rings. The second-order valence-electron chi connectivity index (χ2n) is 2.83. The van der Waals surface area contributed by atoms with E-state index in [9.17, 15) is 13.2 Å². The molecule has 0 heterocycles. The Morgan fingerprint density at radius 1 is 1.33 bits per heavy atom. The number of alkyl halides is 1. The summed E-state index contributed by atoms with van der Waals surface area (Å²) in [5, 5.41) is -0.610. The monoisotopic (exact) mass is 248 g/mol. The van der Waals surface area contributed by atoms with Gasteiger partial charge in [-0.25, -0.2) is 0 Å². The number of hydrogen-bond acceptors (Lipinski definition) is 4. The van der Waals surface area contributed by atoms with Crippen LogP contribution >= 0.6 is 11.6 Å². The first-order chi connectivity index (χ1) is 6.94. The summed E-state index contributed by atoms with van der Waals surface area (Å²) in [5.41, 5.74) is 0.491. The number of benzene rings is 1. The number of carbonyl (C=O) groups excluding carboxylic acids is 1. The summed E-state index contributed by atoms with van der Waals surface area (Å²) in [5.74, 6) is 0.0439. The van der Waals surface area contributed by atoms with Crippen molar-refractivity contribution < 1.29 is 17.4 Å². The molecule has 0 aliphatic rings. The van der Waals surface area contributed by atoms with Gasteiger partial charge in [-0.2, -0.15) is 8.42 Å². The lowest BCUT2D eigenvalue weighted by Gasteiger charge is -2.04. The highest BCUT2D eigenvalue weighted by molar-refractivity contribution is 7.88. The van der Waals surface area contributed by atoms with Crippen LogP contribution in [0.3, 0.4) is 0 Å². The van der Waals surface area contributed by atoms with Crippen LogP contribution in [-0.4, -0.2) is 19.4 Å². The predicted octanol–water partition coefficient (Wildman–Crippen LogP) is 1.79. The number of rotatable bonds is 4. The van der Waals surface area contributed by atoms with E-state index >= 15 is 0 Å². The Labute approximate surface area is 92.9 Å². The van der Waals surface area contributed by atoms with Crippen LogP contribution in [0, 0.1) is 0 Å². The minimum Gasteiger partial charge on any atom is -0.382 e. The molecule has 0 N–H and O–H groups in total. The van der Waals surface area contributed by atoms with E-state index in [-0.39, 0.29) is 11.5 Å². The summed E-state index contributed by atoms with van der Waals surface area (Å²) in [6.45, 7) is 1.42. The van der Waals surface area contributed by atoms with Gasteiger partial charge in [0.1, 0.15) is 5.75 Å². The van der Waals surface area contributed by atoms with Gasteiger partial charge in [0.05, 0.1) is 0 Å². The van der Waals surface area contributed by atoms with Crippen molar-refractivity contribution in [1.82, 2.24) is 0 Å². The van der Waals surface area contributed by atoms with E-state index in [2.05, 4.69) is 4.18 Å². The molecule has 1 aromatic rings. The minimum atomic E-state index is -3.73. The maximum Gasteiger partial charge on any atom is 0.323 e. The summed E-state index contributed by atoms with van der Waals surface area (Å²) in [6.07, 6.45) is 0. The molecule has 0 aromatic heterocycles. The van der Waals surface area contributed by atoms with Crippen molar-refractivity contribution in [3.8, 4) is 5.75 Å². The van der Waals surface area contributed by atoms with E-state index in [1.165, 1.54) is 31.2 Å². The highest BCUT2D eigenvalue weighted by atomic mass is 35.5. The molecule has 0 radical (unpaired) electrons. The van der Waals surface area contributed by atoms with E-state index in [1.54, 1.807) is 0 Å². The topological polar surface area (TPSA) is 60.4 Å². The molecule has 0 bridgehead atoms. The van der Waals surface area contributed by atoms with Gasteiger partial charge in [0.25, 0.3) is 0 Å². The number of hydrogen-bond donors (Lipinski definition) is 0. The SMILES string of the molecule is CC(=O)c1ccc(OS(=O)(=O)CCl)cc1. The summed E-state index contributed by atoms with van der Waals surface area (Å²) in [7, 11) is -3.73. The average molecular weight is 249 g/mol. The molecule has 1 aromatic carbocycles. The zero-order valence-electron chi connectivity index (χ0n) is 7.94. The Morgan fingerprint density at radius 2 is 1.87 bits per heavy atom. The summed E-state index contributed by atoms with van der Waals surface area (Å²) >= 11 is 5.16. The molecule has 0 amide bonds. The van der Waals surface area contributed by atoms with Crippen LogP contribution in [0.4, 0.5) is 0 Å². The fourth-order valence-corrected chi connectivity index (χ4v) is 1.50. The summed E-state index contributed by atoms with van der Waals surface area (Å²) in [4.78, 5) is 10.9. The lowest BCUT2D eigenvalue weighted by Crippen LogP contribution is -2.10. The van der Waals surface area contributed by atoms with Gasteiger partial charge < -0.3 is 4.18 Å². The van der Waals surface area contributed by atoms with Crippen LogP contribution in [0.2, 0.25) is 0 Å². The van der Waals surface area contributed by atoms with E-state index in [0.29, 0.717) is 5.56 Å². The molecule has 0 aliphatic carbocycles. The molecular formula is C9H9ClO4S. The van der Waals surface area contributed by atoms with Gasteiger partial charge in [-0.1, -0.05) is 0 Å². The van der Waals surface area contributed by atoms with Gasteiger partial charge >= 0.3 is 10.1 Å². The Bertz CT molecular complexity index is 450. The molecule has 0 unspecified atom stereocenters.